The van der Waals surface area contributed by atoms with Crippen LogP contribution >= 0.6 is 0 Å². The summed E-state index contributed by atoms with van der Waals surface area (Å²) in [5, 5.41) is 0. The first-order valence-corrected chi connectivity index (χ1v) is 19.3. The van der Waals surface area contributed by atoms with Crippen LogP contribution in [0.15, 0.2) is 48.5 Å². The Labute approximate surface area is 285 Å². The number of rotatable bonds is 31. The average molecular weight is 637 g/mol. The minimum absolute atomic E-state index is 0.694. The van der Waals surface area contributed by atoms with Gasteiger partial charge >= 0.3 is 0 Å². The van der Waals surface area contributed by atoms with Gasteiger partial charge in [-0.1, -0.05) is 139 Å². The zero-order valence-corrected chi connectivity index (χ0v) is 30.7. The second kappa shape index (κ2) is 28.3. The average Bonchev–Trinajstić information content (AvgIpc) is 3.07. The van der Waals surface area contributed by atoms with E-state index in [1.165, 1.54) is 151 Å². The van der Waals surface area contributed by atoms with Crippen LogP contribution in [0.25, 0.3) is 11.1 Å². The van der Waals surface area contributed by atoms with Crippen molar-refractivity contribution in [3.8, 4) is 11.1 Å². The van der Waals surface area contributed by atoms with Gasteiger partial charge in [0.1, 0.15) is 0 Å². The second-order valence-electron chi connectivity index (χ2n) is 13.8. The lowest BCUT2D eigenvalue weighted by Gasteiger charge is -2.16. The molecule has 0 atom stereocenters. The van der Waals surface area contributed by atoms with Gasteiger partial charge in [-0.05, 0) is 101 Å². The molecule has 0 spiro atoms. The minimum Gasteiger partial charge on any atom is -0.377 e. The van der Waals surface area contributed by atoms with Crippen LogP contribution in [0.3, 0.4) is 0 Å². The van der Waals surface area contributed by atoms with E-state index in [9.17, 15) is 0 Å². The van der Waals surface area contributed by atoms with Crippen molar-refractivity contribution in [3.05, 3.63) is 59.7 Å². The highest BCUT2D eigenvalue weighted by molar-refractivity contribution is 5.63. The van der Waals surface area contributed by atoms with E-state index < -0.39 is 0 Å². The molecule has 0 heterocycles. The number of ether oxygens (including phenoxy) is 2. The van der Waals surface area contributed by atoms with Gasteiger partial charge in [-0.3, -0.25) is 0 Å². The van der Waals surface area contributed by atoms with Gasteiger partial charge in [0.05, 0.1) is 13.2 Å². The lowest BCUT2D eigenvalue weighted by atomic mass is 10.0. The Bertz CT molecular complexity index is 852. The fourth-order valence-corrected chi connectivity index (χ4v) is 6.04. The molecular weight excluding hydrogens is 564 g/mol. The molecule has 4 nitrogen and oxygen atoms in total. The molecule has 0 bridgehead atoms. The lowest BCUT2D eigenvalue weighted by Crippen LogP contribution is -2.21. The summed E-state index contributed by atoms with van der Waals surface area (Å²) in [5.41, 5.74) is 4.99. The van der Waals surface area contributed by atoms with E-state index in [0.29, 0.717) is 13.2 Å². The molecule has 0 saturated heterocycles. The maximum Gasteiger partial charge on any atom is 0.0716 e. The molecule has 0 amide bonds. The first-order valence-electron chi connectivity index (χ1n) is 19.3. The summed E-state index contributed by atoms with van der Waals surface area (Å²) < 4.78 is 12.0. The summed E-state index contributed by atoms with van der Waals surface area (Å²) in [6.07, 6.45) is 24.1. The Morgan fingerprint density at radius 3 is 1.04 bits per heavy atom. The van der Waals surface area contributed by atoms with Gasteiger partial charge in [0.2, 0.25) is 0 Å². The first kappa shape index (κ1) is 40.5. The maximum absolute atomic E-state index is 5.98. The summed E-state index contributed by atoms with van der Waals surface area (Å²) in [7, 11) is 4.53. The number of hydrogen-bond donors (Lipinski definition) is 0. The molecule has 2 aromatic rings. The molecule has 0 N–H and O–H groups in total. The summed E-state index contributed by atoms with van der Waals surface area (Å²) in [4.78, 5) is 4.98. The summed E-state index contributed by atoms with van der Waals surface area (Å²) >= 11 is 0. The maximum atomic E-state index is 5.98. The van der Waals surface area contributed by atoms with Crippen molar-refractivity contribution >= 4 is 0 Å². The van der Waals surface area contributed by atoms with Gasteiger partial charge < -0.3 is 19.3 Å². The van der Waals surface area contributed by atoms with Gasteiger partial charge in [-0.2, -0.15) is 0 Å². The standard InChI is InChI=1S/C42H72N2O2/c1-5-7-9-11-13-15-17-31-43(3)33-19-21-35-45-37-39-23-27-41(28-24-39)42-29-25-40(26-30-42)38-46-36-22-20-34-44(4)32-18-16-14-12-10-8-6-2/h23-30H,5-22,31-38H2,1-4H3. The van der Waals surface area contributed by atoms with E-state index >= 15 is 0 Å². The second-order valence-corrected chi connectivity index (χ2v) is 13.8. The molecule has 0 unspecified atom stereocenters. The Balaban J connectivity index is 1.48. The predicted molar refractivity (Wildman–Crippen MR) is 201 cm³/mol. The fraction of sp³-hybridized carbons (Fsp3) is 0.714. The molecule has 2 rings (SSSR count). The van der Waals surface area contributed by atoms with Gasteiger partial charge in [-0.25, -0.2) is 0 Å². The van der Waals surface area contributed by atoms with Crippen LogP contribution in [0.4, 0.5) is 0 Å². The molecule has 0 aromatic heterocycles. The molecule has 0 aliphatic rings. The number of hydrogen-bond acceptors (Lipinski definition) is 4. The van der Waals surface area contributed by atoms with E-state index in [2.05, 4.69) is 86.3 Å². The molecule has 0 fully saturated rings. The highest BCUT2D eigenvalue weighted by Gasteiger charge is 2.03. The van der Waals surface area contributed by atoms with Crippen LogP contribution in [-0.4, -0.2) is 63.3 Å². The van der Waals surface area contributed by atoms with Crippen LogP contribution in [-0.2, 0) is 22.7 Å². The molecule has 2 aromatic carbocycles. The van der Waals surface area contributed by atoms with Gasteiger partial charge in [0.25, 0.3) is 0 Å². The summed E-state index contributed by atoms with van der Waals surface area (Å²) in [5.74, 6) is 0. The van der Waals surface area contributed by atoms with E-state index in [1.54, 1.807) is 0 Å². The van der Waals surface area contributed by atoms with Crippen molar-refractivity contribution < 1.29 is 9.47 Å². The summed E-state index contributed by atoms with van der Waals surface area (Å²) in [6.45, 7) is 12.5. The quantitative estimate of drug-likeness (QED) is 0.0769. The zero-order valence-electron chi connectivity index (χ0n) is 30.7. The number of benzene rings is 2. The van der Waals surface area contributed by atoms with Crippen LogP contribution in [0, 0.1) is 0 Å². The zero-order chi connectivity index (χ0) is 32.9. The minimum atomic E-state index is 0.694. The first-order chi connectivity index (χ1) is 22.6. The largest absolute Gasteiger partial charge is 0.377 e. The molecule has 0 radical (unpaired) electrons. The molecule has 46 heavy (non-hydrogen) atoms. The summed E-state index contributed by atoms with van der Waals surface area (Å²) in [6, 6.07) is 17.7. The molecule has 4 heteroatoms. The Morgan fingerprint density at radius 2 is 0.696 bits per heavy atom. The molecule has 0 aliphatic heterocycles. The van der Waals surface area contributed by atoms with E-state index in [1.807, 2.05) is 0 Å². The Hall–Kier alpha value is -1.72. The van der Waals surface area contributed by atoms with Crippen molar-refractivity contribution in [1.29, 1.82) is 0 Å². The normalized spacial score (nSPS) is 11.7. The van der Waals surface area contributed by atoms with Crippen molar-refractivity contribution in [2.45, 2.75) is 143 Å². The third-order valence-corrected chi connectivity index (χ3v) is 9.22. The molecule has 0 aliphatic carbocycles. The number of unbranched alkanes of at least 4 members (excludes halogenated alkanes) is 14. The van der Waals surface area contributed by atoms with Crippen LogP contribution in [0.2, 0.25) is 0 Å². The van der Waals surface area contributed by atoms with Crippen LogP contribution < -0.4 is 0 Å². The molecule has 262 valence electrons. The van der Waals surface area contributed by atoms with E-state index in [4.69, 9.17) is 9.47 Å². The Kier molecular flexibility index (Phi) is 24.9. The van der Waals surface area contributed by atoms with Gasteiger partial charge in [-0.15, -0.1) is 0 Å². The van der Waals surface area contributed by atoms with Crippen LogP contribution in [0.5, 0.6) is 0 Å². The van der Waals surface area contributed by atoms with Crippen molar-refractivity contribution in [2.75, 3.05) is 53.5 Å². The smallest absolute Gasteiger partial charge is 0.0716 e. The molecule has 0 saturated carbocycles. The van der Waals surface area contributed by atoms with E-state index in [-0.39, 0.29) is 0 Å². The van der Waals surface area contributed by atoms with Gasteiger partial charge in [0, 0.05) is 13.2 Å². The number of nitrogens with zero attached hydrogens (tertiary/aromatic N) is 2. The lowest BCUT2D eigenvalue weighted by molar-refractivity contribution is 0.115. The topological polar surface area (TPSA) is 24.9 Å². The highest BCUT2D eigenvalue weighted by atomic mass is 16.5. The Morgan fingerprint density at radius 1 is 0.391 bits per heavy atom. The van der Waals surface area contributed by atoms with Crippen molar-refractivity contribution in [2.24, 2.45) is 0 Å². The van der Waals surface area contributed by atoms with Crippen molar-refractivity contribution in [1.82, 2.24) is 9.80 Å². The third kappa shape index (κ3) is 21.2. The van der Waals surface area contributed by atoms with Crippen LogP contribution in [0.1, 0.15) is 141 Å². The van der Waals surface area contributed by atoms with E-state index in [0.717, 1.165) is 26.1 Å². The highest BCUT2D eigenvalue weighted by Crippen LogP contribution is 2.21. The van der Waals surface area contributed by atoms with Gasteiger partial charge in [0.15, 0.2) is 0 Å². The third-order valence-electron chi connectivity index (χ3n) is 9.22. The molecular formula is C42H72N2O2. The fourth-order valence-electron chi connectivity index (χ4n) is 6.04. The monoisotopic (exact) mass is 637 g/mol. The predicted octanol–water partition coefficient (Wildman–Crippen LogP) is 11.3. The SMILES string of the molecule is CCCCCCCCCN(C)CCCCOCc1ccc(-c2ccc(COCCCCN(C)CCCCCCCCC)cc2)cc1. The van der Waals surface area contributed by atoms with Crippen molar-refractivity contribution in [3.63, 3.8) is 0 Å².